The summed E-state index contributed by atoms with van der Waals surface area (Å²) in [5.74, 6) is -1.16. The molecule has 1 N–H and O–H groups in total. The van der Waals surface area contributed by atoms with Gasteiger partial charge in [-0.05, 0) is 47.9 Å². The molecular formula is C30H33BrF3N3O4S. The molecule has 3 aromatic carbocycles. The molecule has 0 heterocycles. The number of sulfonamides is 1. The number of anilines is 1. The van der Waals surface area contributed by atoms with Crippen LogP contribution < -0.4 is 9.62 Å². The number of amides is 2. The molecule has 7 nitrogen and oxygen atoms in total. The Labute approximate surface area is 252 Å². The van der Waals surface area contributed by atoms with Crippen molar-refractivity contribution in [2.45, 2.75) is 44.9 Å². The van der Waals surface area contributed by atoms with Crippen molar-refractivity contribution in [1.29, 1.82) is 0 Å². The number of rotatable bonds is 13. The quantitative estimate of drug-likeness (QED) is 0.234. The Bertz CT molecular complexity index is 1450. The molecule has 42 heavy (non-hydrogen) atoms. The fraction of sp³-hybridized carbons (Fsp3) is 0.333. The van der Waals surface area contributed by atoms with Crippen LogP contribution in [0.5, 0.6) is 0 Å². The van der Waals surface area contributed by atoms with E-state index in [1.54, 1.807) is 36.4 Å². The number of halogens is 4. The molecule has 0 radical (unpaired) electrons. The van der Waals surface area contributed by atoms with Crippen LogP contribution >= 0.6 is 15.9 Å². The summed E-state index contributed by atoms with van der Waals surface area (Å²) in [5.41, 5.74) is 0.0943. The number of hydrogen-bond acceptors (Lipinski definition) is 4. The third-order valence-corrected chi connectivity index (χ3v) is 8.18. The number of nitrogens with one attached hydrogen (secondary N) is 1. The average Bonchev–Trinajstić information content (AvgIpc) is 2.94. The number of benzene rings is 3. The normalized spacial score (nSPS) is 12.4. The lowest BCUT2D eigenvalue weighted by Gasteiger charge is -2.33. The Balaban J connectivity index is 2.05. The van der Waals surface area contributed by atoms with Crippen molar-refractivity contribution in [3.8, 4) is 0 Å². The van der Waals surface area contributed by atoms with Crippen LogP contribution in [0.3, 0.4) is 0 Å². The van der Waals surface area contributed by atoms with E-state index in [0.29, 0.717) is 22.5 Å². The molecule has 3 aromatic rings. The molecule has 0 saturated heterocycles. The predicted octanol–water partition coefficient (Wildman–Crippen LogP) is 5.79. The van der Waals surface area contributed by atoms with Gasteiger partial charge in [0.15, 0.2) is 0 Å². The summed E-state index contributed by atoms with van der Waals surface area (Å²) >= 11 is 3.37. The number of unbranched alkanes of at least 4 members (excludes halogenated alkanes) is 1. The SMILES string of the molecule is CCCCNC(=O)[C@@H](Cc1ccccc1)N(Cc1ccc(Br)cc1)C(=O)CN(c1cccc(C(F)(F)F)c1)S(C)(=O)=O. The van der Waals surface area contributed by atoms with Crippen molar-refractivity contribution in [2.75, 3.05) is 23.7 Å². The van der Waals surface area contributed by atoms with Gasteiger partial charge in [-0.3, -0.25) is 13.9 Å². The van der Waals surface area contributed by atoms with Crippen molar-refractivity contribution in [3.05, 3.63) is 100 Å². The van der Waals surface area contributed by atoms with Crippen molar-refractivity contribution < 1.29 is 31.2 Å². The molecule has 0 aliphatic carbocycles. The van der Waals surface area contributed by atoms with Crippen LogP contribution in [0.1, 0.15) is 36.5 Å². The van der Waals surface area contributed by atoms with Crippen LogP contribution in [0.15, 0.2) is 83.3 Å². The summed E-state index contributed by atoms with van der Waals surface area (Å²) in [7, 11) is -4.20. The Morgan fingerprint density at radius 2 is 1.62 bits per heavy atom. The fourth-order valence-corrected chi connectivity index (χ4v) is 5.40. The van der Waals surface area contributed by atoms with Crippen molar-refractivity contribution >= 4 is 43.5 Å². The van der Waals surface area contributed by atoms with Crippen LogP contribution in [-0.4, -0.2) is 50.5 Å². The maximum Gasteiger partial charge on any atom is 0.416 e. The smallest absolute Gasteiger partial charge is 0.354 e. The maximum absolute atomic E-state index is 14.0. The lowest BCUT2D eigenvalue weighted by Crippen LogP contribution is -2.53. The van der Waals surface area contributed by atoms with Crippen molar-refractivity contribution in [1.82, 2.24) is 10.2 Å². The summed E-state index contributed by atoms with van der Waals surface area (Å²) in [6.45, 7) is 1.53. The van der Waals surface area contributed by atoms with Gasteiger partial charge < -0.3 is 10.2 Å². The first-order chi connectivity index (χ1) is 19.8. The molecule has 3 rings (SSSR count). The zero-order valence-electron chi connectivity index (χ0n) is 23.3. The van der Waals surface area contributed by atoms with E-state index in [1.807, 2.05) is 25.1 Å². The lowest BCUT2D eigenvalue weighted by molar-refractivity contribution is -0.140. The summed E-state index contributed by atoms with van der Waals surface area (Å²) in [6, 6.07) is 18.9. The predicted molar refractivity (Wildman–Crippen MR) is 160 cm³/mol. The topological polar surface area (TPSA) is 86.8 Å². The Kier molecular flexibility index (Phi) is 11.6. The highest BCUT2D eigenvalue weighted by atomic mass is 79.9. The van der Waals surface area contributed by atoms with E-state index in [9.17, 15) is 31.2 Å². The molecule has 2 amide bonds. The van der Waals surface area contributed by atoms with Gasteiger partial charge in [0, 0.05) is 24.0 Å². The third-order valence-electron chi connectivity index (χ3n) is 6.51. The van der Waals surface area contributed by atoms with E-state index in [4.69, 9.17) is 0 Å². The standard InChI is InChI=1S/C30H33BrF3N3O4S/c1-3-4-17-35-29(39)27(18-22-9-6-5-7-10-22)36(20-23-13-15-25(31)16-14-23)28(38)21-37(42(2,40)41)26-12-8-11-24(19-26)30(32,33)34/h5-16,19,27H,3-4,17-18,20-21H2,1-2H3,(H,35,39)/t27-/m1/s1. The first-order valence-corrected chi connectivity index (χ1v) is 15.9. The highest BCUT2D eigenvalue weighted by molar-refractivity contribution is 9.10. The Hall–Kier alpha value is -3.38. The van der Waals surface area contributed by atoms with Crippen LogP contribution in [0.25, 0.3) is 0 Å². The second kappa shape index (κ2) is 14.7. The summed E-state index contributed by atoms with van der Waals surface area (Å²) < 4.78 is 67.3. The lowest BCUT2D eigenvalue weighted by atomic mass is 10.0. The van der Waals surface area contributed by atoms with E-state index < -0.39 is 46.2 Å². The molecule has 0 spiro atoms. The Morgan fingerprint density at radius 1 is 0.952 bits per heavy atom. The minimum atomic E-state index is -4.71. The molecule has 0 unspecified atom stereocenters. The molecule has 0 fully saturated rings. The Morgan fingerprint density at radius 3 is 2.21 bits per heavy atom. The van der Waals surface area contributed by atoms with E-state index in [-0.39, 0.29) is 18.7 Å². The summed E-state index contributed by atoms with van der Waals surface area (Å²) in [6.07, 6.45) is -2.19. The summed E-state index contributed by atoms with van der Waals surface area (Å²) in [5, 5.41) is 2.88. The van der Waals surface area contributed by atoms with Gasteiger partial charge in [0.05, 0.1) is 17.5 Å². The number of carbonyl (C=O) groups is 2. The highest BCUT2D eigenvalue weighted by Gasteiger charge is 2.35. The highest BCUT2D eigenvalue weighted by Crippen LogP contribution is 2.32. The minimum absolute atomic E-state index is 0.0367. The van der Waals surface area contributed by atoms with Crippen molar-refractivity contribution in [3.63, 3.8) is 0 Å². The molecule has 1 atom stereocenters. The van der Waals surface area contributed by atoms with Gasteiger partial charge in [0.2, 0.25) is 21.8 Å². The number of nitrogens with zero attached hydrogens (tertiary/aromatic N) is 2. The minimum Gasteiger partial charge on any atom is -0.354 e. The van der Waals surface area contributed by atoms with Crippen molar-refractivity contribution in [2.24, 2.45) is 0 Å². The number of alkyl halides is 3. The van der Waals surface area contributed by atoms with Crippen LogP contribution in [0, 0.1) is 0 Å². The molecule has 226 valence electrons. The van der Waals surface area contributed by atoms with Gasteiger partial charge >= 0.3 is 6.18 Å². The molecule has 0 bridgehead atoms. The van der Waals surface area contributed by atoms with E-state index in [0.717, 1.165) is 41.3 Å². The molecular weight excluding hydrogens is 635 g/mol. The fourth-order valence-electron chi connectivity index (χ4n) is 4.30. The third kappa shape index (κ3) is 9.59. The average molecular weight is 669 g/mol. The zero-order chi connectivity index (χ0) is 30.9. The number of hydrogen-bond donors (Lipinski definition) is 1. The van der Waals surface area contributed by atoms with E-state index >= 15 is 0 Å². The van der Waals surface area contributed by atoms with E-state index in [1.165, 1.54) is 11.0 Å². The zero-order valence-corrected chi connectivity index (χ0v) is 25.7. The molecule has 0 aromatic heterocycles. The second-order valence-electron chi connectivity index (χ2n) is 9.82. The monoisotopic (exact) mass is 667 g/mol. The molecule has 0 aliphatic rings. The van der Waals surface area contributed by atoms with Gasteiger partial charge in [-0.1, -0.05) is 77.8 Å². The van der Waals surface area contributed by atoms with Crippen LogP contribution in [0.2, 0.25) is 0 Å². The largest absolute Gasteiger partial charge is 0.416 e. The van der Waals surface area contributed by atoms with Gasteiger partial charge in [-0.2, -0.15) is 13.2 Å². The first-order valence-electron chi connectivity index (χ1n) is 13.3. The molecule has 0 saturated carbocycles. The van der Waals surface area contributed by atoms with E-state index in [2.05, 4.69) is 21.2 Å². The van der Waals surface area contributed by atoms with Gasteiger partial charge in [-0.15, -0.1) is 0 Å². The summed E-state index contributed by atoms with van der Waals surface area (Å²) in [4.78, 5) is 28.8. The second-order valence-corrected chi connectivity index (χ2v) is 12.6. The number of carbonyl (C=O) groups excluding carboxylic acids is 2. The van der Waals surface area contributed by atoms with Crippen LogP contribution in [0.4, 0.5) is 18.9 Å². The molecule has 12 heteroatoms. The van der Waals surface area contributed by atoms with Gasteiger partial charge in [-0.25, -0.2) is 8.42 Å². The molecule has 0 aliphatic heterocycles. The van der Waals surface area contributed by atoms with Gasteiger partial charge in [0.25, 0.3) is 0 Å². The van der Waals surface area contributed by atoms with Crippen LogP contribution in [-0.2, 0) is 38.8 Å². The first kappa shape index (κ1) is 33.1. The maximum atomic E-state index is 14.0. The van der Waals surface area contributed by atoms with Gasteiger partial charge in [0.1, 0.15) is 12.6 Å².